The molecule has 8 nitrogen and oxygen atoms in total. The Bertz CT molecular complexity index is 1070. The summed E-state index contributed by atoms with van der Waals surface area (Å²) in [5.41, 5.74) is 4.88. The number of benzene rings is 2. The number of nitrogens with one attached hydrogen (secondary N) is 3. The molecule has 3 aromatic rings. The van der Waals surface area contributed by atoms with Crippen LogP contribution in [0, 0.1) is 0 Å². The van der Waals surface area contributed by atoms with E-state index in [0.717, 1.165) is 42.0 Å². The van der Waals surface area contributed by atoms with Crippen LogP contribution in [0.25, 0.3) is 11.3 Å². The van der Waals surface area contributed by atoms with E-state index in [1.165, 1.54) is 17.8 Å². The lowest BCUT2D eigenvalue weighted by atomic mass is 9.96. The van der Waals surface area contributed by atoms with Crippen molar-refractivity contribution in [3.05, 3.63) is 60.0 Å². The highest BCUT2D eigenvalue weighted by molar-refractivity contribution is 7.14. The molecule has 0 bridgehead atoms. The first-order valence-electron chi connectivity index (χ1n) is 11.0. The average Bonchev–Trinajstić information content (AvgIpc) is 3.34. The van der Waals surface area contributed by atoms with Crippen LogP contribution in [0.2, 0.25) is 0 Å². The first-order chi connectivity index (χ1) is 16.1. The third-order valence-electron chi connectivity index (χ3n) is 5.45. The average molecular weight is 466 g/mol. The highest BCUT2D eigenvalue weighted by Crippen LogP contribution is 2.28. The second kappa shape index (κ2) is 10.8. The van der Waals surface area contributed by atoms with Gasteiger partial charge in [0.05, 0.1) is 12.8 Å². The number of carbonyl (C=O) groups is 2. The van der Waals surface area contributed by atoms with E-state index in [2.05, 4.69) is 21.0 Å². The number of carbonyl (C=O) groups excluding carboxylic acids is 2. The summed E-state index contributed by atoms with van der Waals surface area (Å²) in [6, 6.07) is 15.8. The molecule has 1 aromatic heterocycles. The standard InChI is InChI=1S/C24H27N5O3S/c1-32-20-14-12-17(13-15-20)21-16-33-24(27-21)29(23(31)26-19-10-6-3-7-11-19)28-22(30)25-18-8-4-2-5-9-18/h3,6-7,10-16,18H,2,4-5,8-9H2,1H3,(H,26,31)(H2,25,28,30). The van der Waals surface area contributed by atoms with E-state index in [-0.39, 0.29) is 6.04 Å². The number of ether oxygens (including phenoxy) is 1. The number of methoxy groups -OCH3 is 1. The van der Waals surface area contributed by atoms with E-state index in [9.17, 15) is 9.59 Å². The molecule has 0 atom stereocenters. The fourth-order valence-corrected chi connectivity index (χ4v) is 4.50. The van der Waals surface area contributed by atoms with Crippen LogP contribution in [-0.2, 0) is 0 Å². The second-order valence-corrected chi connectivity index (χ2v) is 8.63. The Hall–Kier alpha value is -3.59. The molecule has 33 heavy (non-hydrogen) atoms. The normalized spacial score (nSPS) is 13.7. The lowest BCUT2D eigenvalue weighted by Crippen LogP contribution is -2.54. The zero-order valence-electron chi connectivity index (χ0n) is 18.4. The molecule has 0 spiro atoms. The molecular weight excluding hydrogens is 438 g/mol. The van der Waals surface area contributed by atoms with Crippen molar-refractivity contribution in [2.75, 3.05) is 17.4 Å². The van der Waals surface area contributed by atoms with Crippen molar-refractivity contribution in [3.8, 4) is 17.0 Å². The van der Waals surface area contributed by atoms with Gasteiger partial charge in [-0.1, -0.05) is 37.5 Å². The van der Waals surface area contributed by atoms with Crippen LogP contribution in [0.3, 0.4) is 0 Å². The molecule has 1 fully saturated rings. The topological polar surface area (TPSA) is 95.6 Å². The van der Waals surface area contributed by atoms with Gasteiger partial charge in [0.25, 0.3) is 0 Å². The van der Waals surface area contributed by atoms with Crippen LogP contribution in [0.1, 0.15) is 32.1 Å². The number of urea groups is 2. The van der Waals surface area contributed by atoms with Crippen LogP contribution in [-0.4, -0.2) is 30.2 Å². The predicted octanol–water partition coefficient (Wildman–Crippen LogP) is 5.40. The number of thiazole rings is 1. The number of hydrogen-bond acceptors (Lipinski definition) is 5. The fourth-order valence-electron chi connectivity index (χ4n) is 3.71. The Kier molecular flexibility index (Phi) is 7.41. The maximum absolute atomic E-state index is 13.1. The highest BCUT2D eigenvalue weighted by Gasteiger charge is 2.24. The predicted molar refractivity (Wildman–Crippen MR) is 131 cm³/mol. The van der Waals surface area contributed by atoms with Gasteiger partial charge in [-0.2, -0.15) is 5.01 Å². The Labute approximate surface area is 197 Å². The maximum atomic E-state index is 13.1. The van der Waals surface area contributed by atoms with Gasteiger partial charge >= 0.3 is 12.1 Å². The van der Waals surface area contributed by atoms with Gasteiger partial charge in [-0.05, 0) is 49.2 Å². The van der Waals surface area contributed by atoms with Gasteiger partial charge in [-0.25, -0.2) is 20.0 Å². The molecule has 1 heterocycles. The zero-order valence-corrected chi connectivity index (χ0v) is 19.2. The van der Waals surface area contributed by atoms with Crippen LogP contribution >= 0.6 is 11.3 Å². The van der Waals surface area contributed by atoms with Crippen LogP contribution in [0.4, 0.5) is 20.4 Å². The molecule has 3 N–H and O–H groups in total. The van der Waals surface area contributed by atoms with Crippen molar-refractivity contribution < 1.29 is 14.3 Å². The van der Waals surface area contributed by atoms with E-state index >= 15 is 0 Å². The van der Waals surface area contributed by atoms with Crippen molar-refractivity contribution >= 4 is 34.2 Å². The van der Waals surface area contributed by atoms with Gasteiger partial charge in [0, 0.05) is 22.7 Å². The molecule has 172 valence electrons. The fraction of sp³-hybridized carbons (Fsp3) is 0.292. The number of nitrogens with zero attached hydrogens (tertiary/aromatic N) is 2. The van der Waals surface area contributed by atoms with Gasteiger partial charge in [0.2, 0.25) is 5.13 Å². The van der Waals surface area contributed by atoms with E-state index in [0.29, 0.717) is 16.5 Å². The van der Waals surface area contributed by atoms with E-state index < -0.39 is 12.1 Å². The molecule has 0 saturated heterocycles. The van der Waals surface area contributed by atoms with Crippen molar-refractivity contribution in [1.82, 2.24) is 15.7 Å². The third-order valence-corrected chi connectivity index (χ3v) is 6.28. The first kappa shape index (κ1) is 22.6. The molecule has 4 rings (SSSR count). The molecule has 1 aliphatic rings. The largest absolute Gasteiger partial charge is 0.497 e. The van der Waals surface area contributed by atoms with Gasteiger partial charge in [0.15, 0.2) is 0 Å². The molecule has 9 heteroatoms. The van der Waals surface area contributed by atoms with Crippen LogP contribution in [0.15, 0.2) is 60.0 Å². The zero-order chi connectivity index (χ0) is 23.0. The van der Waals surface area contributed by atoms with Crippen LogP contribution < -0.4 is 25.8 Å². The molecule has 1 aliphatic carbocycles. The molecule has 1 saturated carbocycles. The summed E-state index contributed by atoms with van der Waals surface area (Å²) >= 11 is 1.27. The molecule has 0 unspecified atom stereocenters. The third kappa shape index (κ3) is 6.01. The van der Waals surface area contributed by atoms with Gasteiger partial charge in [0.1, 0.15) is 5.75 Å². The Morgan fingerprint density at radius 1 is 1.03 bits per heavy atom. The quantitative estimate of drug-likeness (QED) is 0.440. The number of para-hydroxylation sites is 1. The number of rotatable bonds is 5. The smallest absolute Gasteiger partial charge is 0.347 e. The Balaban J connectivity index is 1.53. The SMILES string of the molecule is COc1ccc(-c2csc(N(NC(=O)NC3CCCCC3)C(=O)Nc3ccccc3)n2)cc1. The van der Waals surface area contributed by atoms with Crippen molar-refractivity contribution in [1.29, 1.82) is 0 Å². The van der Waals surface area contributed by atoms with Crippen molar-refractivity contribution in [2.45, 2.75) is 38.1 Å². The van der Waals surface area contributed by atoms with E-state index in [1.807, 2.05) is 47.8 Å². The summed E-state index contributed by atoms with van der Waals surface area (Å²) in [6.45, 7) is 0. The molecule has 0 aliphatic heterocycles. The summed E-state index contributed by atoms with van der Waals surface area (Å²) in [5.74, 6) is 0.749. The lowest BCUT2D eigenvalue weighted by Gasteiger charge is -2.26. The first-order valence-corrected chi connectivity index (χ1v) is 11.8. The minimum absolute atomic E-state index is 0.115. The van der Waals surface area contributed by atoms with Gasteiger partial charge in [-0.15, -0.1) is 11.3 Å². The number of hydrazine groups is 1. The lowest BCUT2D eigenvalue weighted by molar-refractivity contribution is 0.228. The Morgan fingerprint density at radius 2 is 1.76 bits per heavy atom. The number of aromatic nitrogens is 1. The number of amides is 4. The summed E-state index contributed by atoms with van der Waals surface area (Å²) in [5, 5.41) is 9.15. The molecule has 0 radical (unpaired) electrons. The number of anilines is 2. The Morgan fingerprint density at radius 3 is 2.45 bits per heavy atom. The monoisotopic (exact) mass is 465 g/mol. The maximum Gasteiger partial charge on any atom is 0.347 e. The molecule has 4 amide bonds. The minimum Gasteiger partial charge on any atom is -0.497 e. The second-order valence-electron chi connectivity index (χ2n) is 7.80. The minimum atomic E-state index is -0.504. The van der Waals surface area contributed by atoms with Crippen molar-refractivity contribution in [3.63, 3.8) is 0 Å². The van der Waals surface area contributed by atoms with Crippen molar-refractivity contribution in [2.24, 2.45) is 0 Å². The number of hydrogen-bond donors (Lipinski definition) is 3. The van der Waals surface area contributed by atoms with Gasteiger partial charge < -0.3 is 15.4 Å². The summed E-state index contributed by atoms with van der Waals surface area (Å²) in [4.78, 5) is 30.4. The summed E-state index contributed by atoms with van der Waals surface area (Å²) < 4.78 is 5.21. The highest BCUT2D eigenvalue weighted by atomic mass is 32.1. The van der Waals surface area contributed by atoms with Gasteiger partial charge in [-0.3, -0.25) is 0 Å². The van der Waals surface area contributed by atoms with E-state index in [1.54, 1.807) is 19.2 Å². The molecular formula is C24H27N5O3S. The van der Waals surface area contributed by atoms with E-state index in [4.69, 9.17) is 4.74 Å². The van der Waals surface area contributed by atoms with Crippen LogP contribution in [0.5, 0.6) is 5.75 Å². The molecule has 2 aromatic carbocycles. The summed E-state index contributed by atoms with van der Waals surface area (Å²) in [6.07, 6.45) is 5.28. The summed E-state index contributed by atoms with van der Waals surface area (Å²) in [7, 11) is 1.61.